The van der Waals surface area contributed by atoms with E-state index in [0.29, 0.717) is 31.4 Å². The molecule has 0 saturated carbocycles. The number of benzene rings is 1. The second-order valence-electron chi connectivity index (χ2n) is 6.66. The molecule has 26 heavy (non-hydrogen) atoms. The lowest BCUT2D eigenvalue weighted by molar-refractivity contribution is -0.131. The van der Waals surface area contributed by atoms with Gasteiger partial charge in [-0.2, -0.15) is 0 Å². The molecule has 0 radical (unpaired) electrons. The molecule has 1 unspecified atom stereocenters. The smallest absolute Gasteiger partial charge is 0.222 e. The van der Waals surface area contributed by atoms with E-state index in [9.17, 15) is 9.18 Å². The van der Waals surface area contributed by atoms with Crippen LogP contribution in [0.4, 0.5) is 4.39 Å². The summed E-state index contributed by atoms with van der Waals surface area (Å²) in [5, 5.41) is 2.10. The van der Waals surface area contributed by atoms with E-state index in [1.807, 2.05) is 4.90 Å². The summed E-state index contributed by atoms with van der Waals surface area (Å²) < 4.78 is 18.5. The Bertz CT molecular complexity index is 690. The van der Waals surface area contributed by atoms with Crippen molar-refractivity contribution in [2.75, 3.05) is 26.7 Å². The number of rotatable bonds is 7. The first-order valence-corrected chi connectivity index (χ1v) is 9.88. The van der Waals surface area contributed by atoms with E-state index >= 15 is 0 Å². The summed E-state index contributed by atoms with van der Waals surface area (Å²) in [7, 11) is 2.14. The van der Waals surface area contributed by atoms with Crippen LogP contribution in [0.5, 0.6) is 5.75 Å². The van der Waals surface area contributed by atoms with Gasteiger partial charge in [-0.05, 0) is 55.6 Å². The maximum Gasteiger partial charge on any atom is 0.222 e. The summed E-state index contributed by atoms with van der Waals surface area (Å²) in [4.78, 5) is 18.0. The third-order valence-corrected chi connectivity index (χ3v) is 5.69. The van der Waals surface area contributed by atoms with Crippen LogP contribution in [-0.4, -0.2) is 48.5 Å². The van der Waals surface area contributed by atoms with Crippen LogP contribution >= 0.6 is 11.3 Å². The molecule has 0 bridgehead atoms. The third kappa shape index (κ3) is 5.29. The van der Waals surface area contributed by atoms with Gasteiger partial charge in [-0.3, -0.25) is 9.69 Å². The van der Waals surface area contributed by atoms with E-state index in [1.165, 1.54) is 17.0 Å². The van der Waals surface area contributed by atoms with Crippen molar-refractivity contribution in [3.05, 3.63) is 52.5 Å². The van der Waals surface area contributed by atoms with Crippen LogP contribution in [0.25, 0.3) is 0 Å². The quantitative estimate of drug-likeness (QED) is 0.737. The predicted molar refractivity (Wildman–Crippen MR) is 102 cm³/mol. The lowest BCUT2D eigenvalue weighted by atomic mass is 10.1. The summed E-state index contributed by atoms with van der Waals surface area (Å²) in [6.45, 7) is 2.68. The fraction of sp³-hybridized carbons (Fsp3) is 0.450. The van der Waals surface area contributed by atoms with E-state index in [1.54, 1.807) is 23.5 Å². The molecular weight excluding hydrogens is 351 g/mol. The van der Waals surface area contributed by atoms with Gasteiger partial charge in [-0.1, -0.05) is 6.07 Å². The van der Waals surface area contributed by atoms with Crippen molar-refractivity contribution in [3.8, 4) is 5.75 Å². The van der Waals surface area contributed by atoms with E-state index in [0.717, 1.165) is 25.9 Å². The van der Waals surface area contributed by atoms with E-state index in [2.05, 4.69) is 29.5 Å². The first kappa shape index (κ1) is 18.9. The predicted octanol–water partition coefficient (Wildman–Crippen LogP) is 3.78. The molecule has 0 N–H and O–H groups in total. The van der Waals surface area contributed by atoms with Crippen LogP contribution in [0.3, 0.4) is 0 Å². The van der Waals surface area contributed by atoms with Gasteiger partial charge in [0.1, 0.15) is 18.2 Å². The van der Waals surface area contributed by atoms with Crippen molar-refractivity contribution in [1.82, 2.24) is 9.80 Å². The molecule has 1 aliphatic rings. The zero-order valence-electron chi connectivity index (χ0n) is 15.1. The van der Waals surface area contributed by atoms with Crippen LogP contribution in [0.15, 0.2) is 41.8 Å². The maximum absolute atomic E-state index is 12.9. The fourth-order valence-corrected chi connectivity index (χ4v) is 4.05. The van der Waals surface area contributed by atoms with Gasteiger partial charge in [0.05, 0.1) is 6.54 Å². The van der Waals surface area contributed by atoms with Crippen molar-refractivity contribution in [2.45, 2.75) is 31.8 Å². The second kappa shape index (κ2) is 9.14. The number of hydrogen-bond donors (Lipinski definition) is 0. The number of halogens is 1. The highest BCUT2D eigenvalue weighted by molar-refractivity contribution is 7.09. The Morgan fingerprint density at radius 1 is 1.27 bits per heavy atom. The molecule has 2 aromatic rings. The SMILES string of the molecule is CN(Cc1cccs1)C1CCC(=O)N(CCOc2ccc(F)cc2)CC1. The summed E-state index contributed by atoms with van der Waals surface area (Å²) in [6.07, 6.45) is 2.45. The second-order valence-corrected chi connectivity index (χ2v) is 7.69. The summed E-state index contributed by atoms with van der Waals surface area (Å²) in [6, 6.07) is 10.6. The Morgan fingerprint density at radius 2 is 2.08 bits per heavy atom. The molecule has 1 atom stereocenters. The molecule has 0 spiro atoms. The van der Waals surface area contributed by atoms with Crippen molar-refractivity contribution in [3.63, 3.8) is 0 Å². The van der Waals surface area contributed by atoms with E-state index in [-0.39, 0.29) is 11.7 Å². The Morgan fingerprint density at radius 3 is 2.81 bits per heavy atom. The monoisotopic (exact) mass is 376 g/mol. The Hall–Kier alpha value is -1.92. The molecule has 1 aromatic heterocycles. The van der Waals surface area contributed by atoms with Crippen LogP contribution in [-0.2, 0) is 11.3 Å². The third-order valence-electron chi connectivity index (χ3n) is 4.83. The minimum Gasteiger partial charge on any atom is -0.492 e. The van der Waals surface area contributed by atoms with Gasteiger partial charge in [0, 0.05) is 30.4 Å². The van der Waals surface area contributed by atoms with E-state index < -0.39 is 0 Å². The summed E-state index contributed by atoms with van der Waals surface area (Å²) in [5.41, 5.74) is 0. The van der Waals surface area contributed by atoms with Gasteiger partial charge in [0.15, 0.2) is 0 Å². The molecule has 1 fully saturated rings. The molecule has 140 valence electrons. The normalized spacial score (nSPS) is 18.2. The van der Waals surface area contributed by atoms with Crippen LogP contribution in [0.1, 0.15) is 24.1 Å². The average Bonchev–Trinajstić information content (AvgIpc) is 3.07. The highest BCUT2D eigenvalue weighted by Crippen LogP contribution is 2.20. The fourth-order valence-electron chi connectivity index (χ4n) is 3.28. The van der Waals surface area contributed by atoms with Gasteiger partial charge in [-0.25, -0.2) is 4.39 Å². The largest absolute Gasteiger partial charge is 0.492 e. The number of likely N-dealkylation sites (tertiary alicyclic amines) is 1. The minimum absolute atomic E-state index is 0.194. The zero-order valence-corrected chi connectivity index (χ0v) is 15.9. The number of thiophene rings is 1. The molecule has 0 aliphatic carbocycles. The number of nitrogens with zero attached hydrogens (tertiary/aromatic N) is 2. The molecule has 1 amide bonds. The molecule has 1 saturated heterocycles. The molecule has 1 aliphatic heterocycles. The number of carbonyl (C=O) groups excluding carboxylic acids is 1. The highest BCUT2D eigenvalue weighted by atomic mass is 32.1. The Labute approximate surface area is 158 Å². The summed E-state index contributed by atoms with van der Waals surface area (Å²) >= 11 is 1.77. The highest BCUT2D eigenvalue weighted by Gasteiger charge is 2.24. The topological polar surface area (TPSA) is 32.8 Å². The Balaban J connectivity index is 1.46. The number of amides is 1. The van der Waals surface area contributed by atoms with Crippen molar-refractivity contribution >= 4 is 17.2 Å². The van der Waals surface area contributed by atoms with Crippen molar-refractivity contribution < 1.29 is 13.9 Å². The molecular formula is C20H25FN2O2S. The van der Waals surface area contributed by atoms with Crippen LogP contribution < -0.4 is 4.74 Å². The number of hydrogen-bond acceptors (Lipinski definition) is 4. The average molecular weight is 376 g/mol. The lowest BCUT2D eigenvalue weighted by Gasteiger charge is -2.26. The standard InChI is InChI=1S/C20H25FN2O2S/c1-22(15-19-3-2-14-26-19)17-6-9-20(24)23(11-10-17)12-13-25-18-7-4-16(21)5-8-18/h2-5,7-8,14,17H,6,9-13,15H2,1H3. The first-order valence-electron chi connectivity index (χ1n) is 9.00. The van der Waals surface area contributed by atoms with Crippen molar-refractivity contribution in [2.24, 2.45) is 0 Å². The maximum atomic E-state index is 12.9. The molecule has 4 nitrogen and oxygen atoms in total. The lowest BCUT2D eigenvalue weighted by Crippen LogP contribution is -2.35. The van der Waals surface area contributed by atoms with Gasteiger partial charge >= 0.3 is 0 Å². The molecule has 2 heterocycles. The number of carbonyl (C=O) groups is 1. The molecule has 6 heteroatoms. The molecule has 1 aromatic carbocycles. The van der Waals surface area contributed by atoms with Gasteiger partial charge in [0.2, 0.25) is 5.91 Å². The van der Waals surface area contributed by atoms with Gasteiger partial charge in [0.25, 0.3) is 0 Å². The minimum atomic E-state index is -0.280. The van der Waals surface area contributed by atoms with E-state index in [4.69, 9.17) is 4.74 Å². The van der Waals surface area contributed by atoms with Crippen molar-refractivity contribution in [1.29, 1.82) is 0 Å². The molecule has 3 rings (SSSR count). The first-order chi connectivity index (χ1) is 12.6. The van der Waals surface area contributed by atoms with Gasteiger partial charge in [-0.15, -0.1) is 11.3 Å². The van der Waals surface area contributed by atoms with Crippen LogP contribution in [0.2, 0.25) is 0 Å². The van der Waals surface area contributed by atoms with Crippen LogP contribution in [0, 0.1) is 5.82 Å². The zero-order chi connectivity index (χ0) is 18.4. The number of ether oxygens (including phenoxy) is 1. The summed E-state index contributed by atoms with van der Waals surface area (Å²) in [5.74, 6) is 0.541. The Kier molecular flexibility index (Phi) is 6.63. The van der Waals surface area contributed by atoms with Gasteiger partial charge < -0.3 is 9.64 Å².